The maximum absolute atomic E-state index is 12.6. The minimum atomic E-state index is -4.08. The Balaban J connectivity index is 2.41. The van der Waals surface area contributed by atoms with E-state index in [1.807, 2.05) is 0 Å². The Labute approximate surface area is 127 Å². The maximum Gasteiger partial charge on any atom is 0.322 e. The van der Waals surface area contributed by atoms with E-state index in [1.54, 1.807) is 0 Å². The first-order valence-corrected chi connectivity index (χ1v) is 8.49. The summed E-state index contributed by atoms with van der Waals surface area (Å²) < 4.78 is 25.2. The van der Waals surface area contributed by atoms with Crippen LogP contribution in [0.15, 0.2) is 29.2 Å². The number of carboxylic acids is 1. The molecular weight excluding hydrogens is 316 g/mol. The average Bonchev–Trinajstić information content (AvgIpc) is 2.38. The van der Waals surface area contributed by atoms with Gasteiger partial charge in [0.25, 0.3) is 0 Å². The van der Waals surface area contributed by atoms with Crippen LogP contribution >= 0.6 is 11.6 Å². The first-order valence-electron chi connectivity index (χ1n) is 6.56. The molecule has 114 valence electrons. The van der Waals surface area contributed by atoms with Gasteiger partial charge in [0.1, 0.15) is 5.78 Å². The van der Waals surface area contributed by atoms with Crippen molar-refractivity contribution >= 4 is 33.2 Å². The lowest BCUT2D eigenvalue weighted by Gasteiger charge is -2.26. The number of halogens is 1. The molecule has 0 radical (unpaired) electrons. The molecule has 1 aromatic rings. The van der Waals surface area contributed by atoms with Gasteiger partial charge in [0.05, 0.1) is 4.90 Å². The first kappa shape index (κ1) is 16.0. The Kier molecular flexibility index (Phi) is 4.68. The SMILES string of the molecule is O=C1CCCC(C(C(=O)O)S(=O)(=O)c2cccc(Cl)c2)C1. The van der Waals surface area contributed by atoms with Crippen LogP contribution in [0.3, 0.4) is 0 Å². The highest BCUT2D eigenvalue weighted by Gasteiger charge is 2.42. The molecule has 21 heavy (non-hydrogen) atoms. The van der Waals surface area contributed by atoms with Gasteiger partial charge in [-0.05, 0) is 37.0 Å². The maximum atomic E-state index is 12.6. The van der Waals surface area contributed by atoms with Gasteiger partial charge < -0.3 is 5.11 Å². The lowest BCUT2D eigenvalue weighted by molar-refractivity contribution is -0.138. The van der Waals surface area contributed by atoms with Crippen LogP contribution in [0.1, 0.15) is 25.7 Å². The molecule has 0 spiro atoms. The molecule has 1 aliphatic carbocycles. The van der Waals surface area contributed by atoms with Crippen LogP contribution in [0, 0.1) is 5.92 Å². The molecule has 0 saturated heterocycles. The topological polar surface area (TPSA) is 88.5 Å². The van der Waals surface area contributed by atoms with Gasteiger partial charge in [-0.15, -0.1) is 0 Å². The van der Waals surface area contributed by atoms with Crippen molar-refractivity contribution in [3.63, 3.8) is 0 Å². The number of carbonyl (C=O) groups is 2. The summed E-state index contributed by atoms with van der Waals surface area (Å²) >= 11 is 5.78. The summed E-state index contributed by atoms with van der Waals surface area (Å²) in [4.78, 5) is 22.9. The van der Waals surface area contributed by atoms with E-state index in [2.05, 4.69) is 0 Å². The van der Waals surface area contributed by atoms with Gasteiger partial charge in [0, 0.05) is 17.9 Å². The van der Waals surface area contributed by atoms with Crippen LogP contribution in [-0.4, -0.2) is 30.5 Å². The summed E-state index contributed by atoms with van der Waals surface area (Å²) in [6.07, 6.45) is 1.33. The van der Waals surface area contributed by atoms with Gasteiger partial charge >= 0.3 is 5.97 Å². The second-order valence-electron chi connectivity index (χ2n) is 5.16. The van der Waals surface area contributed by atoms with Crippen molar-refractivity contribution < 1.29 is 23.1 Å². The first-order chi connectivity index (χ1) is 9.82. The van der Waals surface area contributed by atoms with Gasteiger partial charge in [-0.2, -0.15) is 0 Å². The molecule has 1 N–H and O–H groups in total. The molecule has 7 heteroatoms. The summed E-state index contributed by atoms with van der Waals surface area (Å²) in [6.45, 7) is 0. The van der Waals surface area contributed by atoms with Crippen molar-refractivity contribution in [3.05, 3.63) is 29.3 Å². The molecule has 0 heterocycles. The van der Waals surface area contributed by atoms with Crippen molar-refractivity contribution in [2.75, 3.05) is 0 Å². The fourth-order valence-electron chi connectivity index (χ4n) is 2.69. The minimum absolute atomic E-state index is 0.00321. The third-order valence-corrected chi connectivity index (χ3v) is 6.05. The van der Waals surface area contributed by atoms with Crippen molar-refractivity contribution in [1.29, 1.82) is 0 Å². The molecule has 0 aliphatic heterocycles. The molecule has 0 bridgehead atoms. The van der Waals surface area contributed by atoms with Crippen LogP contribution in [-0.2, 0) is 19.4 Å². The highest BCUT2D eigenvalue weighted by atomic mass is 35.5. The molecule has 0 amide bonds. The molecule has 5 nitrogen and oxygen atoms in total. The van der Waals surface area contributed by atoms with E-state index < -0.39 is 27.0 Å². The molecule has 2 unspecified atom stereocenters. The smallest absolute Gasteiger partial charge is 0.322 e. The standard InChI is InChI=1S/C14H15ClO5S/c15-10-4-2-6-12(8-10)21(19,20)13(14(17)18)9-3-1-5-11(16)7-9/h2,4,6,8-9,13H,1,3,5,7H2,(H,17,18). The zero-order valence-corrected chi connectivity index (χ0v) is 12.7. The van der Waals surface area contributed by atoms with E-state index in [1.165, 1.54) is 24.3 Å². The Hall–Kier alpha value is -1.40. The van der Waals surface area contributed by atoms with E-state index >= 15 is 0 Å². The largest absolute Gasteiger partial charge is 0.480 e. The van der Waals surface area contributed by atoms with Gasteiger partial charge in [-0.1, -0.05) is 17.7 Å². The summed E-state index contributed by atoms with van der Waals surface area (Å²) in [5.74, 6) is -2.19. The third-order valence-electron chi connectivity index (χ3n) is 3.65. The van der Waals surface area contributed by atoms with Crippen molar-refractivity contribution in [2.45, 2.75) is 35.8 Å². The van der Waals surface area contributed by atoms with Crippen LogP contribution in [0.25, 0.3) is 0 Å². The van der Waals surface area contributed by atoms with Crippen molar-refractivity contribution in [1.82, 2.24) is 0 Å². The summed E-state index contributed by atoms with van der Waals surface area (Å²) in [6, 6.07) is 5.53. The number of Topliss-reactive ketones (excluding diaryl/α,β-unsaturated/α-hetero) is 1. The molecule has 1 aromatic carbocycles. The number of rotatable bonds is 4. The summed E-state index contributed by atoms with van der Waals surface area (Å²) in [5.41, 5.74) is 0. The number of aliphatic carboxylic acids is 1. The van der Waals surface area contributed by atoms with E-state index in [0.29, 0.717) is 19.3 Å². The van der Waals surface area contributed by atoms with E-state index in [0.717, 1.165) is 0 Å². The quantitative estimate of drug-likeness (QED) is 0.915. The predicted octanol–water partition coefficient (Wildman–Crippen LogP) is 2.33. The van der Waals surface area contributed by atoms with Crippen molar-refractivity contribution in [2.24, 2.45) is 5.92 Å². The number of hydrogen-bond acceptors (Lipinski definition) is 4. The number of benzene rings is 1. The van der Waals surface area contributed by atoms with Crippen LogP contribution in [0.5, 0.6) is 0 Å². The Morgan fingerprint density at radius 1 is 1.38 bits per heavy atom. The predicted molar refractivity (Wildman–Crippen MR) is 77.0 cm³/mol. The van der Waals surface area contributed by atoms with Gasteiger partial charge in [0.15, 0.2) is 15.1 Å². The Bertz CT molecular complexity index is 668. The van der Waals surface area contributed by atoms with Crippen LogP contribution in [0.2, 0.25) is 5.02 Å². The van der Waals surface area contributed by atoms with Gasteiger partial charge in [-0.3, -0.25) is 9.59 Å². The molecule has 2 atom stereocenters. The zero-order valence-electron chi connectivity index (χ0n) is 11.2. The highest BCUT2D eigenvalue weighted by Crippen LogP contribution is 2.32. The van der Waals surface area contributed by atoms with E-state index in [-0.39, 0.29) is 22.1 Å². The lowest BCUT2D eigenvalue weighted by Crippen LogP contribution is -2.39. The number of hydrogen-bond donors (Lipinski definition) is 1. The Morgan fingerprint density at radius 3 is 2.67 bits per heavy atom. The Morgan fingerprint density at radius 2 is 2.10 bits per heavy atom. The van der Waals surface area contributed by atoms with Crippen LogP contribution < -0.4 is 0 Å². The van der Waals surface area contributed by atoms with Crippen LogP contribution in [0.4, 0.5) is 0 Å². The number of sulfone groups is 1. The molecule has 0 aromatic heterocycles. The second kappa shape index (κ2) is 6.15. The highest BCUT2D eigenvalue weighted by molar-refractivity contribution is 7.92. The number of carboxylic acid groups (broad SMARTS) is 1. The molecular formula is C14H15ClO5S. The number of ketones is 1. The van der Waals surface area contributed by atoms with E-state index in [9.17, 15) is 23.1 Å². The fourth-order valence-corrected chi connectivity index (χ4v) is 4.81. The molecule has 1 saturated carbocycles. The monoisotopic (exact) mass is 330 g/mol. The molecule has 2 rings (SSSR count). The van der Waals surface area contributed by atoms with Gasteiger partial charge in [-0.25, -0.2) is 8.42 Å². The molecule has 1 aliphatic rings. The fraction of sp³-hybridized carbons (Fsp3) is 0.429. The summed E-state index contributed by atoms with van der Waals surface area (Å²) in [7, 11) is -4.08. The molecule has 1 fully saturated rings. The summed E-state index contributed by atoms with van der Waals surface area (Å²) in [5, 5.41) is 7.97. The third kappa shape index (κ3) is 3.44. The zero-order chi connectivity index (χ0) is 15.6. The number of carbonyl (C=O) groups excluding carboxylic acids is 1. The minimum Gasteiger partial charge on any atom is -0.480 e. The second-order valence-corrected chi connectivity index (χ2v) is 7.66. The van der Waals surface area contributed by atoms with Gasteiger partial charge in [0.2, 0.25) is 0 Å². The normalized spacial score (nSPS) is 21.0. The lowest BCUT2D eigenvalue weighted by atomic mass is 9.86. The van der Waals surface area contributed by atoms with E-state index in [4.69, 9.17) is 11.6 Å². The average molecular weight is 331 g/mol. The van der Waals surface area contributed by atoms with Crippen molar-refractivity contribution in [3.8, 4) is 0 Å².